The van der Waals surface area contributed by atoms with Crippen LogP contribution in [-0.2, 0) is 11.3 Å². The van der Waals surface area contributed by atoms with Crippen LogP contribution in [0.5, 0.6) is 5.75 Å². The zero-order chi connectivity index (χ0) is 12.7. The van der Waals surface area contributed by atoms with Gasteiger partial charge in [0.15, 0.2) is 0 Å². The fraction of sp³-hybridized carbons (Fsp3) is 0.462. The van der Waals surface area contributed by atoms with Crippen LogP contribution in [0.4, 0.5) is 0 Å². The van der Waals surface area contributed by atoms with Crippen LogP contribution in [0, 0.1) is 0 Å². The number of rotatable bonds is 6. The van der Waals surface area contributed by atoms with Crippen LogP contribution in [0.2, 0.25) is 0 Å². The summed E-state index contributed by atoms with van der Waals surface area (Å²) in [5, 5.41) is 17.9. The van der Waals surface area contributed by atoms with Gasteiger partial charge in [0, 0.05) is 26.6 Å². The number of amides is 1. The second-order valence-electron chi connectivity index (χ2n) is 4.10. The number of aliphatic hydroxyl groups is 1. The second kappa shape index (κ2) is 6.91. The molecular formula is C13H19NO3. The molecule has 1 aromatic rings. The third kappa shape index (κ3) is 4.87. The molecule has 94 valence electrons. The van der Waals surface area contributed by atoms with Crippen LogP contribution in [0.3, 0.4) is 0 Å². The van der Waals surface area contributed by atoms with E-state index in [1.807, 2.05) is 6.07 Å². The molecule has 17 heavy (non-hydrogen) atoms. The number of carbonyl (C=O) groups excluding carboxylic acids is 1. The predicted molar refractivity (Wildman–Crippen MR) is 65.5 cm³/mol. The number of aromatic hydroxyl groups is 1. The van der Waals surface area contributed by atoms with Gasteiger partial charge in [-0.25, -0.2) is 0 Å². The standard InChI is InChI=1S/C13H19NO3/c1-14(13(17)7-2-3-8-15)10-11-5-4-6-12(16)9-11/h4-6,9,15-16H,2-3,7-8,10H2,1H3. The van der Waals surface area contributed by atoms with Gasteiger partial charge in [-0.15, -0.1) is 0 Å². The summed E-state index contributed by atoms with van der Waals surface area (Å²) in [5.74, 6) is 0.269. The molecule has 4 nitrogen and oxygen atoms in total. The fourth-order valence-corrected chi connectivity index (χ4v) is 1.60. The topological polar surface area (TPSA) is 60.8 Å². The summed E-state index contributed by atoms with van der Waals surface area (Å²) in [5.41, 5.74) is 0.906. The summed E-state index contributed by atoms with van der Waals surface area (Å²) in [6, 6.07) is 6.88. The maximum atomic E-state index is 11.7. The van der Waals surface area contributed by atoms with Gasteiger partial charge in [-0.05, 0) is 30.5 Å². The number of aliphatic hydroxyl groups excluding tert-OH is 1. The van der Waals surface area contributed by atoms with E-state index in [1.165, 1.54) is 0 Å². The molecule has 0 bridgehead atoms. The smallest absolute Gasteiger partial charge is 0.222 e. The van der Waals surface area contributed by atoms with Gasteiger partial charge in [0.25, 0.3) is 0 Å². The van der Waals surface area contributed by atoms with Gasteiger partial charge in [0.2, 0.25) is 5.91 Å². The maximum Gasteiger partial charge on any atom is 0.222 e. The Morgan fingerprint density at radius 2 is 2.12 bits per heavy atom. The number of unbranched alkanes of at least 4 members (excludes halogenated alkanes) is 1. The van der Waals surface area contributed by atoms with Gasteiger partial charge in [-0.3, -0.25) is 4.79 Å². The summed E-state index contributed by atoms with van der Waals surface area (Å²) < 4.78 is 0. The highest BCUT2D eigenvalue weighted by Crippen LogP contribution is 2.13. The molecule has 0 aromatic heterocycles. The first kappa shape index (κ1) is 13.5. The molecular weight excluding hydrogens is 218 g/mol. The summed E-state index contributed by atoms with van der Waals surface area (Å²) in [4.78, 5) is 13.3. The molecule has 4 heteroatoms. The van der Waals surface area contributed by atoms with Gasteiger partial charge in [0.1, 0.15) is 5.75 Å². The molecule has 0 aliphatic rings. The highest BCUT2D eigenvalue weighted by atomic mass is 16.3. The Morgan fingerprint density at radius 1 is 1.35 bits per heavy atom. The van der Waals surface area contributed by atoms with Crippen molar-refractivity contribution >= 4 is 5.91 Å². The molecule has 1 aromatic carbocycles. The lowest BCUT2D eigenvalue weighted by atomic mass is 10.2. The van der Waals surface area contributed by atoms with Crippen LogP contribution in [0.25, 0.3) is 0 Å². The summed E-state index contributed by atoms with van der Waals surface area (Å²) in [6.45, 7) is 0.621. The van der Waals surface area contributed by atoms with E-state index in [0.717, 1.165) is 5.56 Å². The van der Waals surface area contributed by atoms with E-state index in [0.29, 0.717) is 25.8 Å². The maximum absolute atomic E-state index is 11.7. The first-order chi connectivity index (χ1) is 8.13. The molecule has 0 aliphatic heterocycles. The molecule has 2 N–H and O–H groups in total. The Bertz CT molecular complexity index is 365. The number of hydrogen-bond acceptors (Lipinski definition) is 3. The van der Waals surface area contributed by atoms with Crippen LogP contribution in [-0.4, -0.2) is 34.7 Å². The molecule has 0 spiro atoms. The minimum absolute atomic E-state index is 0.0572. The number of benzene rings is 1. The minimum Gasteiger partial charge on any atom is -0.508 e. The van der Waals surface area contributed by atoms with Crippen LogP contribution in [0.1, 0.15) is 24.8 Å². The lowest BCUT2D eigenvalue weighted by Gasteiger charge is -2.17. The van der Waals surface area contributed by atoms with Crippen LogP contribution in [0.15, 0.2) is 24.3 Å². The largest absolute Gasteiger partial charge is 0.508 e. The van der Waals surface area contributed by atoms with Crippen molar-refractivity contribution in [1.29, 1.82) is 0 Å². The molecule has 1 amide bonds. The van der Waals surface area contributed by atoms with Crippen molar-refractivity contribution in [2.24, 2.45) is 0 Å². The van der Waals surface area contributed by atoms with Crippen molar-refractivity contribution in [3.63, 3.8) is 0 Å². The van der Waals surface area contributed by atoms with Gasteiger partial charge in [0.05, 0.1) is 0 Å². The van der Waals surface area contributed by atoms with E-state index in [9.17, 15) is 9.90 Å². The van der Waals surface area contributed by atoms with Crippen LogP contribution >= 0.6 is 0 Å². The molecule has 0 atom stereocenters. The SMILES string of the molecule is CN(Cc1cccc(O)c1)C(=O)CCCCO. The molecule has 0 unspecified atom stereocenters. The molecule has 0 aliphatic carbocycles. The second-order valence-corrected chi connectivity index (χ2v) is 4.10. The van der Waals surface area contributed by atoms with Crippen LogP contribution < -0.4 is 0 Å². The number of carbonyl (C=O) groups is 1. The average molecular weight is 237 g/mol. The summed E-state index contributed by atoms with van der Waals surface area (Å²) in [6.07, 6.45) is 1.82. The van der Waals surface area contributed by atoms with Crippen molar-refractivity contribution in [2.75, 3.05) is 13.7 Å². The Hall–Kier alpha value is -1.55. The van der Waals surface area contributed by atoms with Crippen molar-refractivity contribution in [3.05, 3.63) is 29.8 Å². The molecule has 0 saturated heterocycles. The minimum atomic E-state index is 0.0572. The van der Waals surface area contributed by atoms with Crippen molar-refractivity contribution in [1.82, 2.24) is 4.90 Å². The number of phenolic OH excluding ortho intramolecular Hbond substituents is 1. The summed E-state index contributed by atoms with van der Waals surface area (Å²) >= 11 is 0. The first-order valence-electron chi connectivity index (χ1n) is 5.76. The van der Waals surface area contributed by atoms with E-state index in [1.54, 1.807) is 30.1 Å². The van der Waals surface area contributed by atoms with Crippen molar-refractivity contribution < 1.29 is 15.0 Å². The van der Waals surface area contributed by atoms with E-state index in [-0.39, 0.29) is 18.3 Å². The number of nitrogens with zero attached hydrogens (tertiary/aromatic N) is 1. The normalized spacial score (nSPS) is 10.2. The van der Waals surface area contributed by atoms with Crippen molar-refractivity contribution in [3.8, 4) is 5.75 Å². The van der Waals surface area contributed by atoms with Gasteiger partial charge in [-0.2, -0.15) is 0 Å². The third-order valence-electron chi connectivity index (χ3n) is 2.55. The average Bonchev–Trinajstić information content (AvgIpc) is 2.29. The van der Waals surface area contributed by atoms with E-state index >= 15 is 0 Å². The van der Waals surface area contributed by atoms with E-state index < -0.39 is 0 Å². The lowest BCUT2D eigenvalue weighted by Crippen LogP contribution is -2.25. The zero-order valence-corrected chi connectivity index (χ0v) is 10.1. The van der Waals surface area contributed by atoms with Gasteiger partial charge < -0.3 is 15.1 Å². The summed E-state index contributed by atoms with van der Waals surface area (Å²) in [7, 11) is 1.74. The quantitative estimate of drug-likeness (QED) is 0.737. The van der Waals surface area contributed by atoms with E-state index in [4.69, 9.17) is 5.11 Å². The third-order valence-corrected chi connectivity index (χ3v) is 2.55. The zero-order valence-electron chi connectivity index (χ0n) is 10.1. The fourth-order valence-electron chi connectivity index (χ4n) is 1.60. The van der Waals surface area contributed by atoms with Gasteiger partial charge in [-0.1, -0.05) is 12.1 Å². The Morgan fingerprint density at radius 3 is 2.76 bits per heavy atom. The Labute approximate surface area is 101 Å². The predicted octanol–water partition coefficient (Wildman–Crippen LogP) is 1.51. The Balaban J connectivity index is 2.43. The molecule has 0 radical (unpaired) electrons. The lowest BCUT2D eigenvalue weighted by molar-refractivity contribution is -0.130. The number of phenols is 1. The first-order valence-corrected chi connectivity index (χ1v) is 5.76. The molecule has 1 rings (SSSR count). The molecule has 0 fully saturated rings. The van der Waals surface area contributed by atoms with Gasteiger partial charge >= 0.3 is 0 Å². The molecule has 0 heterocycles. The highest BCUT2D eigenvalue weighted by molar-refractivity contribution is 5.75. The highest BCUT2D eigenvalue weighted by Gasteiger charge is 2.08. The van der Waals surface area contributed by atoms with Crippen molar-refractivity contribution in [2.45, 2.75) is 25.8 Å². The molecule has 0 saturated carbocycles. The Kier molecular flexibility index (Phi) is 5.49. The number of hydrogen-bond donors (Lipinski definition) is 2. The van der Waals surface area contributed by atoms with E-state index in [2.05, 4.69) is 0 Å². The monoisotopic (exact) mass is 237 g/mol.